The van der Waals surface area contributed by atoms with Gasteiger partial charge in [0.1, 0.15) is 6.54 Å². The highest BCUT2D eigenvalue weighted by atomic mass is 19.4. The van der Waals surface area contributed by atoms with E-state index in [1.54, 1.807) is 18.2 Å². The summed E-state index contributed by atoms with van der Waals surface area (Å²) in [6, 6.07) is 11.2. The molecular weight excluding hydrogens is 359 g/mol. The normalized spacial score (nSPS) is 11.6. The van der Waals surface area contributed by atoms with Crippen molar-refractivity contribution in [1.29, 1.82) is 0 Å². The van der Waals surface area contributed by atoms with Gasteiger partial charge in [-0.1, -0.05) is 24.3 Å². The molecule has 0 spiro atoms. The number of para-hydroxylation sites is 2. The van der Waals surface area contributed by atoms with Crippen molar-refractivity contribution < 1.29 is 18.0 Å². The van der Waals surface area contributed by atoms with Gasteiger partial charge in [-0.15, -0.1) is 0 Å². The second kappa shape index (κ2) is 6.86. The van der Waals surface area contributed by atoms with Crippen LogP contribution in [0.2, 0.25) is 0 Å². The molecule has 0 aliphatic carbocycles. The van der Waals surface area contributed by atoms with E-state index in [2.05, 4.69) is 10.3 Å². The van der Waals surface area contributed by atoms with Crippen molar-refractivity contribution in [1.82, 2.24) is 9.55 Å². The number of hydrogen-bond acceptors (Lipinski definition) is 3. The van der Waals surface area contributed by atoms with Gasteiger partial charge in [-0.2, -0.15) is 13.2 Å². The minimum atomic E-state index is -4.91. The van der Waals surface area contributed by atoms with Crippen LogP contribution in [0, 0.1) is 13.8 Å². The molecule has 0 unspecified atom stereocenters. The van der Waals surface area contributed by atoms with Crippen molar-refractivity contribution in [3.63, 3.8) is 0 Å². The lowest BCUT2D eigenvalue weighted by molar-refractivity contribution is -0.142. The highest BCUT2D eigenvalue weighted by Crippen LogP contribution is 2.26. The molecule has 3 rings (SSSR count). The Kier molecular flexibility index (Phi) is 4.73. The highest BCUT2D eigenvalue weighted by Gasteiger charge is 2.37. The van der Waals surface area contributed by atoms with Crippen LogP contribution in [0.25, 0.3) is 11.0 Å². The van der Waals surface area contributed by atoms with Crippen molar-refractivity contribution in [2.24, 2.45) is 0 Å². The number of carbonyl (C=O) groups is 1. The molecule has 140 valence electrons. The lowest BCUT2D eigenvalue weighted by Gasteiger charge is -2.14. The first-order chi connectivity index (χ1) is 12.7. The van der Waals surface area contributed by atoms with E-state index in [9.17, 15) is 22.8 Å². The standard InChI is InChI=1S/C19H16F3N3O2/c1-11-6-5-8-13(12(11)2)23-16(26)10-25-15-9-4-3-7-14(15)24-17(18(25)27)19(20,21)22/h3-9H,10H2,1-2H3,(H,23,26). The number of nitrogens with one attached hydrogen (secondary N) is 1. The van der Waals surface area contributed by atoms with E-state index in [0.29, 0.717) is 5.69 Å². The molecule has 27 heavy (non-hydrogen) atoms. The summed E-state index contributed by atoms with van der Waals surface area (Å²) in [7, 11) is 0. The smallest absolute Gasteiger partial charge is 0.324 e. The number of alkyl halides is 3. The minimum absolute atomic E-state index is 0.0102. The maximum Gasteiger partial charge on any atom is 0.438 e. The average Bonchev–Trinajstić information content (AvgIpc) is 2.60. The Hall–Kier alpha value is -3.16. The quantitative estimate of drug-likeness (QED) is 0.760. The summed E-state index contributed by atoms with van der Waals surface area (Å²) in [5.74, 6) is -0.602. The number of rotatable bonds is 3. The predicted octanol–water partition coefficient (Wildman–Crippen LogP) is 3.67. The van der Waals surface area contributed by atoms with Gasteiger partial charge in [0.15, 0.2) is 0 Å². The molecule has 0 saturated carbocycles. The zero-order valence-electron chi connectivity index (χ0n) is 14.6. The molecule has 8 heteroatoms. The van der Waals surface area contributed by atoms with Gasteiger partial charge in [0.2, 0.25) is 11.6 Å². The van der Waals surface area contributed by atoms with Crippen LogP contribution >= 0.6 is 0 Å². The van der Waals surface area contributed by atoms with Crippen LogP contribution in [0.1, 0.15) is 16.8 Å². The molecule has 1 N–H and O–H groups in total. The van der Waals surface area contributed by atoms with Crippen LogP contribution in [0.5, 0.6) is 0 Å². The maximum atomic E-state index is 13.2. The fraction of sp³-hybridized carbons (Fsp3) is 0.211. The monoisotopic (exact) mass is 375 g/mol. The SMILES string of the molecule is Cc1cccc(NC(=O)Cn2c(=O)c(C(F)(F)F)nc3ccccc32)c1C. The van der Waals surface area contributed by atoms with Gasteiger partial charge in [0, 0.05) is 5.69 Å². The van der Waals surface area contributed by atoms with Crippen LogP contribution in [-0.4, -0.2) is 15.5 Å². The third-order valence-electron chi connectivity index (χ3n) is 4.30. The molecule has 5 nitrogen and oxygen atoms in total. The first-order valence-corrected chi connectivity index (χ1v) is 8.11. The van der Waals surface area contributed by atoms with Crippen LogP contribution in [0.4, 0.5) is 18.9 Å². The Morgan fingerprint density at radius 2 is 1.81 bits per heavy atom. The molecule has 0 aliphatic heterocycles. The zero-order chi connectivity index (χ0) is 19.8. The molecule has 1 heterocycles. The van der Waals surface area contributed by atoms with Crippen molar-refractivity contribution in [3.05, 3.63) is 69.6 Å². The number of carbonyl (C=O) groups excluding carboxylic acids is 1. The molecule has 0 radical (unpaired) electrons. The summed E-state index contributed by atoms with van der Waals surface area (Å²) in [5, 5.41) is 2.65. The van der Waals surface area contributed by atoms with Crippen molar-refractivity contribution >= 4 is 22.6 Å². The minimum Gasteiger partial charge on any atom is -0.324 e. The Labute approximate surface area is 152 Å². The van der Waals surface area contributed by atoms with Gasteiger partial charge in [0.25, 0.3) is 5.56 Å². The largest absolute Gasteiger partial charge is 0.438 e. The van der Waals surface area contributed by atoms with Crippen LogP contribution in [0.3, 0.4) is 0 Å². The molecule has 3 aromatic rings. The second-order valence-electron chi connectivity index (χ2n) is 6.13. The molecule has 0 atom stereocenters. The lowest BCUT2D eigenvalue weighted by atomic mass is 10.1. The molecule has 0 aliphatic rings. The first kappa shape index (κ1) is 18.6. The zero-order valence-corrected chi connectivity index (χ0v) is 14.6. The molecular formula is C19H16F3N3O2. The second-order valence-corrected chi connectivity index (χ2v) is 6.13. The van der Waals surface area contributed by atoms with Crippen molar-refractivity contribution in [2.75, 3.05) is 5.32 Å². The fourth-order valence-electron chi connectivity index (χ4n) is 2.75. The number of benzene rings is 2. The van der Waals surface area contributed by atoms with Gasteiger partial charge < -0.3 is 5.32 Å². The van der Waals surface area contributed by atoms with Gasteiger partial charge in [-0.05, 0) is 43.2 Å². The number of aromatic nitrogens is 2. The molecule has 0 saturated heterocycles. The summed E-state index contributed by atoms with van der Waals surface area (Å²) < 4.78 is 40.3. The summed E-state index contributed by atoms with van der Waals surface area (Å²) in [5.41, 5.74) is -0.400. The highest BCUT2D eigenvalue weighted by molar-refractivity contribution is 5.92. The summed E-state index contributed by atoms with van der Waals surface area (Å²) in [4.78, 5) is 28.2. The number of fused-ring (bicyclic) bond motifs is 1. The van der Waals surface area contributed by atoms with E-state index in [1.165, 1.54) is 18.2 Å². The van der Waals surface area contributed by atoms with Crippen LogP contribution in [-0.2, 0) is 17.5 Å². The number of aryl methyl sites for hydroxylation is 1. The average molecular weight is 375 g/mol. The van der Waals surface area contributed by atoms with Gasteiger partial charge in [-0.25, -0.2) is 4.98 Å². The Balaban J connectivity index is 2.03. The van der Waals surface area contributed by atoms with E-state index < -0.39 is 29.9 Å². The number of nitrogens with zero attached hydrogens (tertiary/aromatic N) is 2. The van der Waals surface area contributed by atoms with Gasteiger partial charge >= 0.3 is 6.18 Å². The van der Waals surface area contributed by atoms with Crippen molar-refractivity contribution in [3.8, 4) is 0 Å². The van der Waals surface area contributed by atoms with E-state index in [-0.39, 0.29) is 11.0 Å². The molecule has 0 fully saturated rings. The van der Waals surface area contributed by atoms with Gasteiger partial charge in [-0.3, -0.25) is 14.2 Å². The maximum absolute atomic E-state index is 13.2. The molecule has 2 aromatic carbocycles. The van der Waals surface area contributed by atoms with Gasteiger partial charge in [0.05, 0.1) is 11.0 Å². The molecule has 1 amide bonds. The molecule has 0 bridgehead atoms. The lowest BCUT2D eigenvalue weighted by Crippen LogP contribution is -2.34. The van der Waals surface area contributed by atoms with Crippen LogP contribution in [0.15, 0.2) is 47.3 Å². The predicted molar refractivity (Wildman–Crippen MR) is 95.6 cm³/mol. The van der Waals surface area contributed by atoms with Crippen molar-refractivity contribution in [2.45, 2.75) is 26.6 Å². The van der Waals surface area contributed by atoms with E-state index in [1.807, 2.05) is 19.9 Å². The van der Waals surface area contributed by atoms with E-state index >= 15 is 0 Å². The molecule has 1 aromatic heterocycles. The summed E-state index contributed by atoms with van der Waals surface area (Å²) >= 11 is 0. The Bertz CT molecular complexity index is 1090. The van der Waals surface area contributed by atoms with E-state index in [0.717, 1.165) is 15.7 Å². The number of halogens is 3. The fourth-order valence-corrected chi connectivity index (χ4v) is 2.75. The number of anilines is 1. The van der Waals surface area contributed by atoms with E-state index in [4.69, 9.17) is 0 Å². The summed E-state index contributed by atoms with van der Waals surface area (Å²) in [6.45, 7) is 3.14. The topological polar surface area (TPSA) is 64.0 Å². The third-order valence-corrected chi connectivity index (χ3v) is 4.30. The Morgan fingerprint density at radius 3 is 2.52 bits per heavy atom. The van der Waals surface area contributed by atoms with Crippen LogP contribution < -0.4 is 10.9 Å². The Morgan fingerprint density at radius 1 is 1.11 bits per heavy atom. The third kappa shape index (κ3) is 3.69. The number of amides is 1. The first-order valence-electron chi connectivity index (χ1n) is 8.11. The number of hydrogen-bond donors (Lipinski definition) is 1. The summed E-state index contributed by atoms with van der Waals surface area (Å²) in [6.07, 6.45) is -4.91.